The number of likely N-dealkylation sites (tertiary alicyclic amines) is 1. The topological polar surface area (TPSA) is 48.0 Å². The first-order chi connectivity index (χ1) is 14.6. The lowest BCUT2D eigenvalue weighted by Crippen LogP contribution is -2.41. The first kappa shape index (κ1) is 20.6. The van der Waals surface area contributed by atoms with E-state index in [1.165, 1.54) is 12.1 Å². The van der Waals surface area contributed by atoms with E-state index in [1.54, 1.807) is 17.0 Å². The zero-order valence-corrected chi connectivity index (χ0v) is 16.7. The van der Waals surface area contributed by atoms with Gasteiger partial charge in [0.2, 0.25) is 0 Å². The first-order valence-electron chi connectivity index (χ1n) is 10.3. The van der Waals surface area contributed by atoms with Crippen molar-refractivity contribution >= 4 is 5.91 Å². The summed E-state index contributed by atoms with van der Waals surface area (Å²) in [4.78, 5) is 14.6. The molecule has 0 aliphatic carbocycles. The second kappa shape index (κ2) is 9.43. The van der Waals surface area contributed by atoms with Crippen LogP contribution < -0.4 is 9.47 Å². The summed E-state index contributed by atoms with van der Waals surface area (Å²) < 4.78 is 43.8. The fourth-order valence-electron chi connectivity index (χ4n) is 3.79. The zero-order chi connectivity index (χ0) is 20.9. The minimum atomic E-state index is -0.715. The first-order valence-corrected chi connectivity index (χ1v) is 10.3. The zero-order valence-electron chi connectivity index (χ0n) is 16.7. The van der Waals surface area contributed by atoms with Gasteiger partial charge < -0.3 is 19.1 Å². The van der Waals surface area contributed by atoms with E-state index in [2.05, 4.69) is 0 Å². The van der Waals surface area contributed by atoms with E-state index in [0.29, 0.717) is 43.9 Å². The third-order valence-electron chi connectivity index (χ3n) is 5.46. The second-order valence-electron chi connectivity index (χ2n) is 7.66. The molecule has 2 fully saturated rings. The number of piperidine rings is 1. The number of halogens is 2. The van der Waals surface area contributed by atoms with Crippen LogP contribution in [0.3, 0.4) is 0 Å². The number of hydrogen-bond acceptors (Lipinski definition) is 4. The summed E-state index contributed by atoms with van der Waals surface area (Å²) in [7, 11) is 0. The molecule has 0 aromatic heterocycles. The minimum absolute atomic E-state index is 0.0391. The standard InChI is InChI=1S/C23H25F2NO4/c24-17-6-7-22(21(25)14-17)30-18-8-10-26(11-9-18)23(27)16-3-1-4-19(13-16)29-15-20-5-2-12-28-20/h1,3-4,6-7,13-14,18,20H,2,5,8-12,15H2. The lowest BCUT2D eigenvalue weighted by molar-refractivity contribution is 0.0586. The van der Waals surface area contributed by atoms with Gasteiger partial charge in [-0.05, 0) is 43.2 Å². The summed E-state index contributed by atoms with van der Waals surface area (Å²) in [5.74, 6) is -0.724. The Balaban J connectivity index is 1.30. The summed E-state index contributed by atoms with van der Waals surface area (Å²) in [6.07, 6.45) is 3.12. The van der Waals surface area contributed by atoms with Crippen LogP contribution in [0, 0.1) is 11.6 Å². The molecule has 2 aliphatic rings. The van der Waals surface area contributed by atoms with Crippen molar-refractivity contribution in [3.8, 4) is 11.5 Å². The Morgan fingerprint density at radius 3 is 2.67 bits per heavy atom. The van der Waals surface area contributed by atoms with Crippen molar-refractivity contribution in [1.82, 2.24) is 4.90 Å². The van der Waals surface area contributed by atoms with E-state index in [-0.39, 0.29) is 23.9 Å². The number of hydrogen-bond donors (Lipinski definition) is 0. The molecule has 0 saturated carbocycles. The van der Waals surface area contributed by atoms with Gasteiger partial charge in [-0.3, -0.25) is 4.79 Å². The van der Waals surface area contributed by atoms with E-state index in [1.807, 2.05) is 12.1 Å². The van der Waals surface area contributed by atoms with Gasteiger partial charge in [0.05, 0.1) is 6.10 Å². The van der Waals surface area contributed by atoms with Gasteiger partial charge >= 0.3 is 0 Å². The van der Waals surface area contributed by atoms with Gasteiger partial charge in [-0.2, -0.15) is 0 Å². The van der Waals surface area contributed by atoms with Crippen molar-refractivity contribution in [1.29, 1.82) is 0 Å². The van der Waals surface area contributed by atoms with E-state index < -0.39 is 11.6 Å². The van der Waals surface area contributed by atoms with Crippen molar-refractivity contribution < 1.29 is 27.8 Å². The number of benzene rings is 2. The minimum Gasteiger partial charge on any atom is -0.491 e. The Kier molecular flexibility index (Phi) is 6.47. The summed E-state index contributed by atoms with van der Waals surface area (Å²) in [5, 5.41) is 0. The number of carbonyl (C=O) groups excluding carboxylic acids is 1. The highest BCUT2D eigenvalue weighted by molar-refractivity contribution is 5.94. The quantitative estimate of drug-likeness (QED) is 0.707. The van der Waals surface area contributed by atoms with Gasteiger partial charge in [-0.15, -0.1) is 0 Å². The van der Waals surface area contributed by atoms with E-state index in [4.69, 9.17) is 14.2 Å². The Morgan fingerprint density at radius 2 is 1.93 bits per heavy atom. The molecular formula is C23H25F2NO4. The highest BCUT2D eigenvalue weighted by Gasteiger charge is 2.26. The molecular weight excluding hydrogens is 392 g/mol. The molecule has 0 N–H and O–H groups in total. The lowest BCUT2D eigenvalue weighted by atomic mass is 10.1. The maximum Gasteiger partial charge on any atom is 0.253 e. The van der Waals surface area contributed by atoms with Crippen LogP contribution in [0.5, 0.6) is 11.5 Å². The van der Waals surface area contributed by atoms with Crippen molar-refractivity contribution in [3.05, 3.63) is 59.7 Å². The highest BCUT2D eigenvalue weighted by Crippen LogP contribution is 2.24. The van der Waals surface area contributed by atoms with Gasteiger partial charge in [-0.1, -0.05) is 6.07 Å². The van der Waals surface area contributed by atoms with Crippen molar-refractivity contribution in [2.45, 2.75) is 37.9 Å². The number of amides is 1. The van der Waals surface area contributed by atoms with Crippen LogP contribution in [0.25, 0.3) is 0 Å². The van der Waals surface area contributed by atoms with Crippen molar-refractivity contribution in [2.75, 3.05) is 26.3 Å². The Labute approximate surface area is 174 Å². The van der Waals surface area contributed by atoms with Crippen LogP contribution in [0.1, 0.15) is 36.0 Å². The number of carbonyl (C=O) groups is 1. The third kappa shape index (κ3) is 5.08. The average Bonchev–Trinajstić information content (AvgIpc) is 3.28. The highest BCUT2D eigenvalue weighted by atomic mass is 19.1. The molecule has 5 nitrogen and oxygen atoms in total. The van der Waals surface area contributed by atoms with Gasteiger partial charge in [0, 0.05) is 44.2 Å². The predicted molar refractivity (Wildman–Crippen MR) is 107 cm³/mol. The molecule has 2 aromatic rings. The maximum absolute atomic E-state index is 13.8. The van der Waals surface area contributed by atoms with Crippen molar-refractivity contribution in [2.24, 2.45) is 0 Å². The smallest absolute Gasteiger partial charge is 0.253 e. The largest absolute Gasteiger partial charge is 0.491 e. The molecule has 0 radical (unpaired) electrons. The maximum atomic E-state index is 13.8. The van der Waals surface area contributed by atoms with Crippen LogP contribution in [-0.4, -0.2) is 49.3 Å². The van der Waals surface area contributed by atoms with Crippen LogP contribution in [0.2, 0.25) is 0 Å². The number of nitrogens with zero attached hydrogens (tertiary/aromatic N) is 1. The average molecular weight is 417 g/mol. The van der Waals surface area contributed by atoms with Crippen LogP contribution >= 0.6 is 0 Å². The summed E-state index contributed by atoms with van der Waals surface area (Å²) in [6, 6.07) is 10.5. The van der Waals surface area contributed by atoms with Crippen molar-refractivity contribution in [3.63, 3.8) is 0 Å². The van der Waals surface area contributed by atoms with Crippen LogP contribution in [0.4, 0.5) is 8.78 Å². The number of rotatable bonds is 6. The molecule has 2 aliphatic heterocycles. The molecule has 2 heterocycles. The van der Waals surface area contributed by atoms with Gasteiger partial charge in [-0.25, -0.2) is 8.78 Å². The molecule has 1 atom stereocenters. The Bertz CT molecular complexity index is 877. The summed E-state index contributed by atoms with van der Waals surface area (Å²) in [6.45, 7) is 2.28. The molecule has 2 saturated heterocycles. The monoisotopic (exact) mass is 417 g/mol. The van der Waals surface area contributed by atoms with Gasteiger partial charge in [0.1, 0.15) is 24.3 Å². The van der Waals surface area contributed by atoms with Gasteiger partial charge in [0.15, 0.2) is 11.6 Å². The van der Waals surface area contributed by atoms with Gasteiger partial charge in [0.25, 0.3) is 5.91 Å². The van der Waals surface area contributed by atoms with E-state index >= 15 is 0 Å². The van der Waals surface area contributed by atoms with Crippen LogP contribution in [0.15, 0.2) is 42.5 Å². The van der Waals surface area contributed by atoms with Crippen LogP contribution in [-0.2, 0) is 4.74 Å². The normalized spacial score (nSPS) is 19.7. The fraction of sp³-hybridized carbons (Fsp3) is 0.435. The predicted octanol–water partition coefficient (Wildman–Crippen LogP) is 4.21. The molecule has 1 amide bonds. The molecule has 0 spiro atoms. The van der Waals surface area contributed by atoms with E-state index in [0.717, 1.165) is 25.5 Å². The molecule has 30 heavy (non-hydrogen) atoms. The molecule has 4 rings (SSSR count). The fourth-order valence-corrected chi connectivity index (χ4v) is 3.79. The SMILES string of the molecule is O=C(c1cccc(OCC2CCCO2)c1)N1CCC(Oc2ccc(F)cc2F)CC1. The Morgan fingerprint density at radius 1 is 1.10 bits per heavy atom. The molecule has 1 unspecified atom stereocenters. The Hall–Kier alpha value is -2.67. The van der Waals surface area contributed by atoms with E-state index in [9.17, 15) is 13.6 Å². The molecule has 160 valence electrons. The molecule has 7 heteroatoms. The second-order valence-corrected chi connectivity index (χ2v) is 7.66. The summed E-state index contributed by atoms with van der Waals surface area (Å²) >= 11 is 0. The lowest BCUT2D eigenvalue weighted by Gasteiger charge is -2.32. The number of ether oxygens (including phenoxy) is 3. The molecule has 2 aromatic carbocycles. The summed E-state index contributed by atoms with van der Waals surface area (Å²) in [5.41, 5.74) is 0.573. The third-order valence-corrected chi connectivity index (χ3v) is 5.46. The molecule has 0 bridgehead atoms.